The minimum Gasteiger partial charge on any atom is -0.480 e. The van der Waals surface area contributed by atoms with Gasteiger partial charge in [-0.1, -0.05) is 246 Å². The third-order valence-corrected chi connectivity index (χ3v) is 17.9. The SMILES string of the molecule is CCCCCCCCCCCCCC(=O)Cl.CCCCCCCCCCCCCC(=O)NCCCC[C@H](NC(=O)OCC1c2ccccc2-c2ccccc21)C(=O)O.CCN(C(C)C)C(C)C.NCCCC[C@H](NC(=O)OCC1c2ccccc2-c2ccccc21)C(=O)O. The van der Waals surface area contributed by atoms with Crippen LogP contribution in [0.15, 0.2) is 97.1 Å². The fraction of sp³-hybridized carbons (Fsp3) is 0.615. The number of hydrogen-bond donors (Lipinski definition) is 6. The van der Waals surface area contributed by atoms with Gasteiger partial charge in [-0.15, -0.1) is 0 Å². The number of nitrogens with two attached hydrogens (primary N) is 1. The lowest BCUT2D eigenvalue weighted by molar-refractivity contribution is -0.140. The van der Waals surface area contributed by atoms with Crippen LogP contribution in [0.4, 0.5) is 9.59 Å². The molecule has 0 spiro atoms. The van der Waals surface area contributed by atoms with Crippen molar-refractivity contribution in [1.82, 2.24) is 20.9 Å². The summed E-state index contributed by atoms with van der Waals surface area (Å²) >= 11 is 5.26. The van der Waals surface area contributed by atoms with E-state index in [4.69, 9.17) is 26.8 Å². The average molecular weight is 1320 g/mol. The quantitative estimate of drug-likeness (QED) is 0.0180. The molecule has 0 saturated heterocycles. The summed E-state index contributed by atoms with van der Waals surface area (Å²) in [6.07, 6.45) is 31.0. The van der Waals surface area contributed by atoms with Crippen molar-refractivity contribution in [1.29, 1.82) is 0 Å². The number of fused-ring (bicyclic) bond motifs is 6. The Balaban J connectivity index is 0.000000376. The average Bonchev–Trinajstić information content (AvgIpc) is 1.63. The van der Waals surface area contributed by atoms with Crippen molar-refractivity contribution in [3.8, 4) is 22.3 Å². The molecule has 6 rings (SSSR count). The number of nitrogens with zero attached hydrogens (tertiary/aromatic N) is 1. The minimum absolute atomic E-state index is 0.0522. The van der Waals surface area contributed by atoms with Crippen molar-refractivity contribution in [3.63, 3.8) is 0 Å². The Morgan fingerprint density at radius 3 is 1.07 bits per heavy atom. The van der Waals surface area contributed by atoms with Crippen LogP contribution >= 0.6 is 11.6 Å². The van der Waals surface area contributed by atoms with E-state index in [1.165, 1.54) is 116 Å². The van der Waals surface area contributed by atoms with Gasteiger partial charge in [0.25, 0.3) is 0 Å². The summed E-state index contributed by atoms with van der Waals surface area (Å²) in [6, 6.07) is 31.6. The molecule has 524 valence electrons. The molecular weight excluding hydrogens is 1200 g/mol. The Morgan fingerprint density at radius 2 is 0.777 bits per heavy atom. The van der Waals surface area contributed by atoms with E-state index < -0.39 is 36.2 Å². The van der Waals surface area contributed by atoms with Crippen LogP contribution in [0.3, 0.4) is 0 Å². The Morgan fingerprint density at radius 1 is 0.457 bits per heavy atom. The van der Waals surface area contributed by atoms with E-state index in [0.717, 1.165) is 83.2 Å². The van der Waals surface area contributed by atoms with E-state index in [2.05, 4.69) is 93.6 Å². The van der Waals surface area contributed by atoms with Crippen molar-refractivity contribution >= 4 is 46.9 Å². The highest BCUT2D eigenvalue weighted by atomic mass is 35.5. The number of alkyl carbamates (subject to hydrolysis) is 2. The Bertz CT molecular complexity index is 2660. The third kappa shape index (κ3) is 32.9. The molecule has 7 N–H and O–H groups in total. The predicted octanol–water partition coefficient (Wildman–Crippen LogP) is 18.7. The van der Waals surface area contributed by atoms with Crippen LogP contribution in [0, 0.1) is 0 Å². The number of carbonyl (C=O) groups is 6. The van der Waals surface area contributed by atoms with E-state index in [9.17, 15) is 39.0 Å². The molecule has 0 saturated carbocycles. The molecule has 0 unspecified atom stereocenters. The molecule has 15 nitrogen and oxygen atoms in total. The molecule has 0 bridgehead atoms. The predicted molar refractivity (Wildman–Crippen MR) is 385 cm³/mol. The van der Waals surface area contributed by atoms with E-state index in [0.29, 0.717) is 63.7 Å². The van der Waals surface area contributed by atoms with Crippen molar-refractivity contribution in [2.75, 3.05) is 32.8 Å². The molecule has 16 heteroatoms. The molecule has 2 aliphatic rings. The summed E-state index contributed by atoms with van der Waals surface area (Å²) < 4.78 is 10.9. The van der Waals surface area contributed by atoms with E-state index in [1.54, 1.807) is 0 Å². The summed E-state index contributed by atoms with van der Waals surface area (Å²) in [6.45, 7) is 18.1. The second kappa shape index (κ2) is 50.1. The first-order valence-electron chi connectivity index (χ1n) is 36.1. The Labute approximate surface area is 570 Å². The summed E-state index contributed by atoms with van der Waals surface area (Å²) in [5.41, 5.74) is 14.4. The number of carboxylic acid groups (broad SMARTS) is 2. The van der Waals surface area contributed by atoms with Crippen LogP contribution < -0.4 is 21.7 Å². The molecule has 94 heavy (non-hydrogen) atoms. The van der Waals surface area contributed by atoms with E-state index >= 15 is 0 Å². The molecule has 0 radical (unpaired) electrons. The van der Waals surface area contributed by atoms with Gasteiger partial charge in [0.1, 0.15) is 25.3 Å². The van der Waals surface area contributed by atoms with Gasteiger partial charge in [-0.05, 0) is 148 Å². The van der Waals surface area contributed by atoms with Crippen LogP contribution in [-0.4, -0.2) is 107 Å². The van der Waals surface area contributed by atoms with Crippen LogP contribution in [-0.2, 0) is 28.7 Å². The maximum absolute atomic E-state index is 12.5. The number of ether oxygens (including phenoxy) is 2. The maximum Gasteiger partial charge on any atom is 0.407 e. The first-order valence-corrected chi connectivity index (χ1v) is 36.5. The van der Waals surface area contributed by atoms with Crippen molar-refractivity contribution in [2.24, 2.45) is 5.73 Å². The van der Waals surface area contributed by atoms with Crippen molar-refractivity contribution in [3.05, 3.63) is 119 Å². The number of carbonyl (C=O) groups excluding carboxylic acids is 4. The number of nitrogens with one attached hydrogen (secondary N) is 3. The zero-order chi connectivity index (χ0) is 68.7. The largest absolute Gasteiger partial charge is 0.480 e. The number of hydrogen-bond acceptors (Lipinski definition) is 10. The number of unbranched alkanes of at least 4 members (excludes halogenated alkanes) is 22. The molecule has 0 heterocycles. The number of halogens is 1. The molecular formula is C78H120ClN5O10. The van der Waals surface area contributed by atoms with Crippen LogP contribution in [0.25, 0.3) is 22.3 Å². The van der Waals surface area contributed by atoms with E-state index in [-0.39, 0.29) is 42.6 Å². The third-order valence-electron chi connectivity index (χ3n) is 17.7. The zero-order valence-electron chi connectivity index (χ0n) is 58.5. The van der Waals surface area contributed by atoms with Gasteiger partial charge in [0.15, 0.2) is 0 Å². The lowest BCUT2D eigenvalue weighted by Gasteiger charge is -2.28. The molecule has 3 amide bonds. The van der Waals surface area contributed by atoms with Gasteiger partial charge in [0.05, 0.1) is 0 Å². The van der Waals surface area contributed by atoms with E-state index in [1.807, 2.05) is 72.8 Å². The number of carboxylic acids is 2. The lowest BCUT2D eigenvalue weighted by atomic mass is 9.98. The molecule has 2 atom stereocenters. The lowest BCUT2D eigenvalue weighted by Crippen LogP contribution is -2.41. The first kappa shape index (κ1) is 81.9. The van der Waals surface area contributed by atoms with Gasteiger partial charge >= 0.3 is 24.1 Å². The summed E-state index contributed by atoms with van der Waals surface area (Å²) in [4.78, 5) is 72.8. The van der Waals surface area contributed by atoms with Gasteiger partial charge in [0, 0.05) is 43.3 Å². The number of rotatable bonds is 44. The normalized spacial score (nSPS) is 12.6. The summed E-state index contributed by atoms with van der Waals surface area (Å²) in [5.74, 6) is -2.24. The molecule has 0 aliphatic heterocycles. The molecule has 2 aliphatic carbocycles. The number of benzene rings is 4. The first-order chi connectivity index (χ1) is 45.5. The monoisotopic (exact) mass is 1320 g/mol. The van der Waals surface area contributed by atoms with Crippen LogP contribution in [0.5, 0.6) is 0 Å². The number of amides is 3. The van der Waals surface area contributed by atoms with Gasteiger partial charge in [0.2, 0.25) is 11.1 Å². The highest BCUT2D eigenvalue weighted by Gasteiger charge is 2.31. The second-order valence-electron chi connectivity index (χ2n) is 25.8. The maximum atomic E-state index is 12.5. The molecule has 0 aromatic heterocycles. The zero-order valence-corrected chi connectivity index (χ0v) is 59.3. The fourth-order valence-electron chi connectivity index (χ4n) is 12.6. The van der Waals surface area contributed by atoms with Crippen LogP contribution in [0.1, 0.15) is 275 Å². The summed E-state index contributed by atoms with van der Waals surface area (Å²) in [7, 11) is 0. The number of aliphatic carboxylic acids is 2. The molecule has 0 fully saturated rings. The van der Waals surface area contributed by atoms with Crippen molar-refractivity contribution in [2.45, 2.75) is 277 Å². The Hall–Kier alpha value is -6.29. The summed E-state index contributed by atoms with van der Waals surface area (Å²) in [5, 5.41) is 26.6. The molecule has 4 aromatic carbocycles. The highest BCUT2D eigenvalue weighted by molar-refractivity contribution is 6.63. The van der Waals surface area contributed by atoms with Gasteiger partial charge in [-0.2, -0.15) is 0 Å². The fourth-order valence-corrected chi connectivity index (χ4v) is 12.7. The standard InChI is InChI=1S/C35H50N2O5.C21H24N2O4.C14H27ClO.C8H19N/c1-2-3-4-5-6-7-8-9-10-11-12-24-33(38)36-25-18-17-23-32(34(39)40)37-35(41)42-26-31-29-21-15-13-19-27(29)28-20-14-16-22-30(28)31;22-12-6-5-11-19(20(24)25)23-21(26)27-13-18-16-9-3-1-7-14(16)15-8-2-4-10-17(15)18;1-2-3-4-5-6-7-8-9-10-11-12-13-14(15)16;1-6-9(7(2)3)8(4)5/h13-16,19-22,31-32H,2-12,17-18,23-26H2,1H3,(H,36,38)(H,37,41)(H,39,40);1-4,7-10,18-19H,5-6,11-13,22H2,(H,23,26)(H,24,25);2-13H2,1H3;7-8H,6H2,1-5H3/t32-;19-;;/m00../s1. The smallest absolute Gasteiger partial charge is 0.407 e. The van der Waals surface area contributed by atoms with Gasteiger partial charge in [-0.3, -0.25) is 14.5 Å². The Kier molecular flexibility index (Phi) is 43.7. The topological polar surface area (TPSA) is 227 Å². The minimum atomic E-state index is -1.09. The van der Waals surface area contributed by atoms with Gasteiger partial charge < -0.3 is 41.4 Å². The van der Waals surface area contributed by atoms with Crippen molar-refractivity contribution < 1.29 is 48.5 Å². The second-order valence-corrected chi connectivity index (χ2v) is 26.2. The highest BCUT2D eigenvalue weighted by Crippen LogP contribution is 2.46. The van der Waals surface area contributed by atoms with Crippen LogP contribution in [0.2, 0.25) is 0 Å². The molecule has 4 aromatic rings. The van der Waals surface area contributed by atoms with Gasteiger partial charge in [-0.25, -0.2) is 19.2 Å².